The second-order valence-corrected chi connectivity index (χ2v) is 10.2. The van der Waals surface area contributed by atoms with Gasteiger partial charge in [0, 0.05) is 42.7 Å². The number of H-pyrrole nitrogens is 1. The van der Waals surface area contributed by atoms with Crippen LogP contribution < -0.4 is 4.74 Å². The van der Waals surface area contributed by atoms with Gasteiger partial charge in [0.15, 0.2) is 0 Å². The molecule has 39 heavy (non-hydrogen) atoms. The van der Waals surface area contributed by atoms with E-state index in [-0.39, 0.29) is 37.0 Å². The summed E-state index contributed by atoms with van der Waals surface area (Å²) >= 11 is 0. The number of carbonyl (C=O) groups excluding carboxylic acids is 2. The highest BCUT2D eigenvalue weighted by Crippen LogP contribution is 2.47. The van der Waals surface area contributed by atoms with Crippen molar-refractivity contribution in [2.45, 2.75) is 44.9 Å². The zero-order valence-corrected chi connectivity index (χ0v) is 21.9. The summed E-state index contributed by atoms with van der Waals surface area (Å²) in [7, 11) is 0. The van der Waals surface area contributed by atoms with E-state index in [0.29, 0.717) is 37.0 Å². The number of aromatic amines is 1. The Kier molecular flexibility index (Phi) is 7.21. The van der Waals surface area contributed by atoms with Gasteiger partial charge in [-0.3, -0.25) is 14.6 Å². The van der Waals surface area contributed by atoms with E-state index in [1.54, 1.807) is 36.1 Å². The fourth-order valence-electron chi connectivity index (χ4n) is 5.94. The third kappa shape index (κ3) is 4.80. The molecular formula is C28H32F2N4O5. The molecule has 2 atom stereocenters. The fraction of sp³-hybridized carbons (Fsp3) is 0.429. The molecule has 1 fully saturated rings. The Morgan fingerprint density at radius 2 is 2.00 bits per heavy atom. The number of phenols is 1. The van der Waals surface area contributed by atoms with Crippen LogP contribution >= 0.6 is 0 Å². The number of nitrogens with one attached hydrogen (secondary N) is 1. The first-order chi connectivity index (χ1) is 18.7. The molecule has 5 rings (SSSR count). The monoisotopic (exact) mass is 542 g/mol. The molecule has 0 bridgehead atoms. The molecule has 0 saturated carbocycles. The van der Waals surface area contributed by atoms with Gasteiger partial charge in [-0.15, -0.1) is 0 Å². The maximum Gasteiger partial charge on any atom is 0.387 e. The van der Waals surface area contributed by atoms with Crippen LogP contribution in [0.15, 0.2) is 42.5 Å². The molecule has 3 heterocycles. The highest BCUT2D eigenvalue weighted by atomic mass is 19.3. The van der Waals surface area contributed by atoms with Crippen molar-refractivity contribution in [1.29, 1.82) is 0 Å². The van der Waals surface area contributed by atoms with E-state index in [2.05, 4.69) is 9.72 Å². The molecule has 0 radical (unpaired) electrons. The number of rotatable bonds is 10. The van der Waals surface area contributed by atoms with Gasteiger partial charge in [-0.1, -0.05) is 19.1 Å². The lowest BCUT2D eigenvalue weighted by Crippen LogP contribution is -2.53. The van der Waals surface area contributed by atoms with Gasteiger partial charge in [-0.25, -0.2) is 4.79 Å². The lowest BCUT2D eigenvalue weighted by Gasteiger charge is -2.42. The lowest BCUT2D eigenvalue weighted by molar-refractivity contribution is -0.133. The number of aromatic nitrogens is 1. The molecule has 3 amide bonds. The zero-order chi connectivity index (χ0) is 27.9. The Morgan fingerprint density at radius 1 is 1.21 bits per heavy atom. The van der Waals surface area contributed by atoms with Gasteiger partial charge < -0.3 is 24.8 Å². The quantitative estimate of drug-likeness (QED) is 0.338. The van der Waals surface area contributed by atoms with Gasteiger partial charge in [-0.05, 0) is 61.3 Å². The van der Waals surface area contributed by atoms with Gasteiger partial charge >= 0.3 is 12.6 Å². The Hall–Kier alpha value is -3.70. The molecule has 2 aliphatic heterocycles. The minimum absolute atomic E-state index is 0.00964. The fourth-order valence-corrected chi connectivity index (χ4v) is 5.94. The van der Waals surface area contributed by atoms with Crippen LogP contribution in [0, 0.1) is 0 Å². The number of urea groups is 1. The molecule has 9 nitrogen and oxygen atoms in total. The number of fused-ring (bicyclic) bond motifs is 4. The average molecular weight is 543 g/mol. The summed E-state index contributed by atoms with van der Waals surface area (Å²) in [6.07, 6.45) is 0.523. The van der Waals surface area contributed by atoms with E-state index in [0.717, 1.165) is 16.8 Å². The number of ether oxygens (including phenoxy) is 1. The molecule has 1 aromatic heterocycles. The maximum atomic E-state index is 13.9. The molecule has 11 heteroatoms. The first-order valence-corrected chi connectivity index (χ1v) is 13.0. The summed E-state index contributed by atoms with van der Waals surface area (Å²) in [6, 6.07) is 10.4. The van der Waals surface area contributed by atoms with Crippen LogP contribution in [0.25, 0.3) is 10.9 Å². The van der Waals surface area contributed by atoms with Crippen molar-refractivity contribution in [3.05, 3.63) is 59.3 Å². The van der Waals surface area contributed by atoms with Crippen molar-refractivity contribution in [3.63, 3.8) is 0 Å². The van der Waals surface area contributed by atoms with Crippen LogP contribution in [0.5, 0.6) is 11.5 Å². The molecular weight excluding hydrogens is 510 g/mol. The number of likely N-dealkylation sites (N-methyl/N-ethyl adjacent to an activating group) is 1. The lowest BCUT2D eigenvalue weighted by atomic mass is 9.81. The molecule has 1 unspecified atom stereocenters. The molecule has 2 aromatic carbocycles. The highest BCUT2D eigenvalue weighted by molar-refractivity contribution is 6.08. The predicted octanol–water partition coefficient (Wildman–Crippen LogP) is 3.65. The number of aliphatic hydroxyl groups is 1. The minimum atomic E-state index is -2.97. The second-order valence-electron chi connectivity index (χ2n) is 10.2. The molecule has 0 aliphatic carbocycles. The highest BCUT2D eigenvalue weighted by Gasteiger charge is 2.59. The first-order valence-electron chi connectivity index (χ1n) is 13.0. The summed E-state index contributed by atoms with van der Waals surface area (Å²) in [5, 5.41) is 20.1. The normalized spacial score (nSPS) is 20.8. The number of imide groups is 1. The first kappa shape index (κ1) is 26.9. The van der Waals surface area contributed by atoms with E-state index < -0.39 is 24.2 Å². The summed E-state index contributed by atoms with van der Waals surface area (Å²) in [5.74, 6) is -0.227. The molecule has 208 valence electrons. The third-order valence-electron chi connectivity index (χ3n) is 7.82. The SMILES string of the molecule is CCN(CCO)CCN1C(=O)N2C(Cc3cccc(O)c3)c3[nH]c4ccc(OC(F)F)cc4c3C[C@@]2(C)C1=O. The van der Waals surface area contributed by atoms with Gasteiger partial charge in [0.25, 0.3) is 5.91 Å². The topological polar surface area (TPSA) is 109 Å². The number of hydrogen-bond acceptors (Lipinski definition) is 6. The maximum absolute atomic E-state index is 13.9. The number of aromatic hydroxyl groups is 1. The Bertz CT molecular complexity index is 1400. The van der Waals surface area contributed by atoms with Crippen molar-refractivity contribution in [2.24, 2.45) is 0 Å². The number of aliphatic hydroxyl groups excluding tert-OH is 1. The number of benzene rings is 2. The van der Waals surface area contributed by atoms with Crippen LogP contribution in [0.2, 0.25) is 0 Å². The van der Waals surface area contributed by atoms with E-state index in [9.17, 15) is 28.6 Å². The number of amides is 3. The van der Waals surface area contributed by atoms with Gasteiger partial charge in [0.1, 0.15) is 17.0 Å². The standard InChI is InChI=1S/C28H32F2N4O5/c1-3-32(11-12-35)9-10-33-25(37)28(2)16-21-20-15-19(39-26(29)30)7-8-22(20)31-24(21)23(34(28)27(33)38)14-17-5-4-6-18(36)13-17/h4-8,13,15,23,26,31,35-36H,3,9-12,14,16H2,1-2H3/t23?,28-/m0/s1. The van der Waals surface area contributed by atoms with Gasteiger partial charge in [0.2, 0.25) is 0 Å². The third-order valence-corrected chi connectivity index (χ3v) is 7.82. The van der Waals surface area contributed by atoms with Crippen LogP contribution in [-0.4, -0.2) is 86.8 Å². The van der Waals surface area contributed by atoms with Crippen LogP contribution in [0.4, 0.5) is 13.6 Å². The summed E-state index contributed by atoms with van der Waals surface area (Å²) in [4.78, 5) is 36.0. The Balaban J connectivity index is 1.57. The number of phenolic OH excluding ortho intramolecular Hbond substituents is 1. The number of carbonyl (C=O) groups is 2. The van der Waals surface area contributed by atoms with E-state index >= 15 is 0 Å². The number of halogens is 2. The zero-order valence-electron chi connectivity index (χ0n) is 21.9. The van der Waals surface area contributed by atoms with Gasteiger partial charge in [-0.2, -0.15) is 8.78 Å². The second kappa shape index (κ2) is 10.5. The van der Waals surface area contributed by atoms with Crippen LogP contribution in [0.1, 0.15) is 36.7 Å². The predicted molar refractivity (Wildman–Crippen MR) is 140 cm³/mol. The number of alkyl halides is 2. The van der Waals surface area contributed by atoms with Crippen molar-refractivity contribution in [1.82, 2.24) is 19.7 Å². The molecule has 0 spiro atoms. The van der Waals surface area contributed by atoms with E-state index in [1.165, 1.54) is 17.0 Å². The molecule has 3 aromatic rings. The smallest absolute Gasteiger partial charge is 0.387 e. The van der Waals surface area contributed by atoms with E-state index in [1.807, 2.05) is 17.9 Å². The minimum Gasteiger partial charge on any atom is -0.508 e. The Labute approximate surface area is 224 Å². The summed E-state index contributed by atoms with van der Waals surface area (Å²) < 4.78 is 30.5. The molecule has 2 aliphatic rings. The van der Waals surface area contributed by atoms with Crippen molar-refractivity contribution < 1.29 is 33.3 Å². The van der Waals surface area contributed by atoms with Crippen molar-refractivity contribution in [2.75, 3.05) is 32.8 Å². The van der Waals surface area contributed by atoms with E-state index in [4.69, 9.17) is 0 Å². The largest absolute Gasteiger partial charge is 0.508 e. The number of nitrogens with zero attached hydrogens (tertiary/aromatic N) is 3. The average Bonchev–Trinajstić information content (AvgIpc) is 3.33. The molecule has 3 N–H and O–H groups in total. The Morgan fingerprint density at radius 3 is 2.69 bits per heavy atom. The van der Waals surface area contributed by atoms with Crippen LogP contribution in [0.3, 0.4) is 0 Å². The molecule has 1 saturated heterocycles. The van der Waals surface area contributed by atoms with Crippen molar-refractivity contribution >= 4 is 22.8 Å². The van der Waals surface area contributed by atoms with Crippen molar-refractivity contribution in [3.8, 4) is 11.5 Å². The summed E-state index contributed by atoms with van der Waals surface area (Å²) in [5.41, 5.74) is 1.75. The number of hydrogen-bond donors (Lipinski definition) is 3. The van der Waals surface area contributed by atoms with Crippen LogP contribution in [-0.2, 0) is 17.6 Å². The summed E-state index contributed by atoms with van der Waals surface area (Å²) in [6.45, 7) is 2.41. The van der Waals surface area contributed by atoms with Gasteiger partial charge in [0.05, 0.1) is 12.6 Å².